The fourth-order valence-corrected chi connectivity index (χ4v) is 3.58. The van der Waals surface area contributed by atoms with Gasteiger partial charge in [-0.1, -0.05) is 20.3 Å². The number of hydrogen-bond donors (Lipinski definition) is 1. The maximum atomic E-state index is 5.27. The molecule has 2 atom stereocenters. The highest BCUT2D eigenvalue weighted by atomic mass is 16.5. The minimum atomic E-state index is 0.726. The summed E-state index contributed by atoms with van der Waals surface area (Å²) in [5.74, 6) is 0.879. The Hall–Kier alpha value is -0.120. The van der Waals surface area contributed by atoms with E-state index >= 15 is 0 Å². The quantitative estimate of drug-likeness (QED) is 0.660. The minimum absolute atomic E-state index is 0.726. The first-order chi connectivity index (χ1) is 9.26. The molecule has 0 aromatic carbocycles. The van der Waals surface area contributed by atoms with Gasteiger partial charge in [0.1, 0.15) is 0 Å². The number of rotatable bonds is 10. The first-order valence-corrected chi connectivity index (χ1v) is 8.17. The minimum Gasteiger partial charge on any atom is -0.383 e. The van der Waals surface area contributed by atoms with Crippen molar-refractivity contribution < 1.29 is 4.74 Å². The van der Waals surface area contributed by atoms with Crippen molar-refractivity contribution >= 4 is 0 Å². The largest absolute Gasteiger partial charge is 0.383 e. The second-order valence-electron chi connectivity index (χ2n) is 5.87. The average Bonchev–Trinajstić information content (AvgIpc) is 2.89. The lowest BCUT2D eigenvalue weighted by Crippen LogP contribution is -2.39. The Labute approximate surface area is 120 Å². The average molecular weight is 270 g/mol. The Morgan fingerprint density at radius 3 is 2.53 bits per heavy atom. The molecule has 2 unspecified atom stereocenters. The SMILES string of the molecule is CCC(CC)N(CCOC)CCC1CCCC1NC. The topological polar surface area (TPSA) is 24.5 Å². The maximum absolute atomic E-state index is 5.27. The van der Waals surface area contributed by atoms with Crippen LogP contribution in [0.25, 0.3) is 0 Å². The summed E-state index contributed by atoms with van der Waals surface area (Å²) in [6.45, 7) is 7.79. The zero-order chi connectivity index (χ0) is 14.1. The zero-order valence-corrected chi connectivity index (χ0v) is 13.5. The molecule has 0 amide bonds. The van der Waals surface area contributed by atoms with Gasteiger partial charge in [-0.2, -0.15) is 0 Å². The van der Waals surface area contributed by atoms with E-state index in [1.807, 2.05) is 0 Å². The summed E-state index contributed by atoms with van der Waals surface area (Å²) in [6.07, 6.45) is 8.02. The predicted molar refractivity (Wildman–Crippen MR) is 82.6 cm³/mol. The summed E-state index contributed by atoms with van der Waals surface area (Å²) in [7, 11) is 3.92. The first-order valence-electron chi connectivity index (χ1n) is 8.17. The molecule has 19 heavy (non-hydrogen) atoms. The highest BCUT2D eigenvalue weighted by Crippen LogP contribution is 2.28. The van der Waals surface area contributed by atoms with Crippen molar-refractivity contribution in [2.75, 3.05) is 33.9 Å². The fourth-order valence-electron chi connectivity index (χ4n) is 3.58. The highest BCUT2D eigenvalue weighted by Gasteiger charge is 2.26. The first kappa shape index (κ1) is 16.9. The van der Waals surface area contributed by atoms with Crippen molar-refractivity contribution in [3.05, 3.63) is 0 Å². The van der Waals surface area contributed by atoms with Crippen LogP contribution in [0.1, 0.15) is 52.4 Å². The Bertz CT molecular complexity index is 219. The van der Waals surface area contributed by atoms with E-state index in [0.717, 1.165) is 31.2 Å². The molecular weight excluding hydrogens is 236 g/mol. The van der Waals surface area contributed by atoms with Gasteiger partial charge in [-0.05, 0) is 51.6 Å². The van der Waals surface area contributed by atoms with Crippen molar-refractivity contribution in [2.24, 2.45) is 5.92 Å². The molecule has 0 bridgehead atoms. The van der Waals surface area contributed by atoms with E-state index in [-0.39, 0.29) is 0 Å². The predicted octanol–water partition coefficient (Wildman–Crippen LogP) is 2.90. The molecule has 3 heteroatoms. The number of nitrogens with zero attached hydrogens (tertiary/aromatic N) is 1. The second kappa shape index (κ2) is 9.73. The van der Waals surface area contributed by atoms with Gasteiger partial charge in [-0.15, -0.1) is 0 Å². The Kier molecular flexibility index (Phi) is 8.67. The van der Waals surface area contributed by atoms with Gasteiger partial charge >= 0.3 is 0 Å². The maximum Gasteiger partial charge on any atom is 0.0589 e. The third kappa shape index (κ3) is 5.41. The third-order valence-corrected chi connectivity index (χ3v) is 4.86. The lowest BCUT2D eigenvalue weighted by molar-refractivity contribution is 0.109. The summed E-state index contributed by atoms with van der Waals surface area (Å²) in [4.78, 5) is 2.65. The van der Waals surface area contributed by atoms with Crippen molar-refractivity contribution in [2.45, 2.75) is 64.5 Å². The fraction of sp³-hybridized carbons (Fsp3) is 1.00. The second-order valence-corrected chi connectivity index (χ2v) is 5.87. The monoisotopic (exact) mass is 270 g/mol. The molecule has 0 aromatic rings. The van der Waals surface area contributed by atoms with Crippen molar-refractivity contribution in [1.29, 1.82) is 0 Å². The van der Waals surface area contributed by atoms with Crippen LogP contribution < -0.4 is 5.32 Å². The van der Waals surface area contributed by atoms with Crippen LogP contribution in [0.15, 0.2) is 0 Å². The van der Waals surface area contributed by atoms with E-state index < -0.39 is 0 Å². The molecule has 1 fully saturated rings. The summed E-state index contributed by atoms with van der Waals surface area (Å²) < 4.78 is 5.27. The summed E-state index contributed by atoms with van der Waals surface area (Å²) in [5, 5.41) is 3.49. The number of methoxy groups -OCH3 is 1. The van der Waals surface area contributed by atoms with Gasteiger partial charge in [-0.3, -0.25) is 4.90 Å². The van der Waals surface area contributed by atoms with Crippen LogP contribution in [0.3, 0.4) is 0 Å². The molecular formula is C16H34N2O. The molecule has 0 heterocycles. The molecule has 3 nitrogen and oxygen atoms in total. The molecule has 0 radical (unpaired) electrons. The molecule has 1 aliphatic rings. The summed E-state index contributed by atoms with van der Waals surface area (Å²) in [6, 6.07) is 1.48. The van der Waals surface area contributed by atoms with Crippen LogP contribution in [0, 0.1) is 5.92 Å². The van der Waals surface area contributed by atoms with E-state index in [0.29, 0.717) is 0 Å². The van der Waals surface area contributed by atoms with Crippen LogP contribution in [0.5, 0.6) is 0 Å². The smallest absolute Gasteiger partial charge is 0.0589 e. The lowest BCUT2D eigenvalue weighted by Gasteiger charge is -2.32. The molecule has 1 rings (SSSR count). The van der Waals surface area contributed by atoms with Gasteiger partial charge in [0.25, 0.3) is 0 Å². The molecule has 0 aromatic heterocycles. The standard InChI is InChI=1S/C16H34N2O/c1-5-15(6-2)18(12-13-19-4)11-10-14-8-7-9-16(14)17-3/h14-17H,5-13H2,1-4H3. The van der Waals surface area contributed by atoms with Crippen LogP contribution in [-0.4, -0.2) is 50.8 Å². The molecule has 114 valence electrons. The molecule has 0 spiro atoms. The highest BCUT2D eigenvalue weighted by molar-refractivity contribution is 4.83. The van der Waals surface area contributed by atoms with Crippen molar-refractivity contribution in [1.82, 2.24) is 10.2 Å². The molecule has 0 aliphatic heterocycles. The van der Waals surface area contributed by atoms with Gasteiger partial charge in [0.2, 0.25) is 0 Å². The van der Waals surface area contributed by atoms with E-state index in [9.17, 15) is 0 Å². The van der Waals surface area contributed by atoms with Crippen LogP contribution >= 0.6 is 0 Å². The molecule has 0 saturated heterocycles. The van der Waals surface area contributed by atoms with E-state index in [1.54, 1.807) is 7.11 Å². The van der Waals surface area contributed by atoms with Gasteiger partial charge in [-0.25, -0.2) is 0 Å². The van der Waals surface area contributed by atoms with Crippen LogP contribution in [-0.2, 0) is 4.74 Å². The normalized spacial score (nSPS) is 23.7. The Morgan fingerprint density at radius 2 is 1.95 bits per heavy atom. The van der Waals surface area contributed by atoms with E-state index in [4.69, 9.17) is 4.74 Å². The third-order valence-electron chi connectivity index (χ3n) is 4.86. The van der Waals surface area contributed by atoms with Crippen LogP contribution in [0.2, 0.25) is 0 Å². The summed E-state index contributed by atoms with van der Waals surface area (Å²) >= 11 is 0. The molecule has 1 N–H and O–H groups in total. The summed E-state index contributed by atoms with van der Waals surface area (Å²) in [5.41, 5.74) is 0. The lowest BCUT2D eigenvalue weighted by atomic mass is 9.98. The van der Waals surface area contributed by atoms with E-state index in [1.165, 1.54) is 45.1 Å². The zero-order valence-electron chi connectivity index (χ0n) is 13.5. The van der Waals surface area contributed by atoms with Gasteiger partial charge < -0.3 is 10.1 Å². The Balaban J connectivity index is 2.42. The van der Waals surface area contributed by atoms with E-state index in [2.05, 4.69) is 31.1 Å². The van der Waals surface area contributed by atoms with Gasteiger partial charge in [0.05, 0.1) is 6.61 Å². The van der Waals surface area contributed by atoms with Crippen molar-refractivity contribution in [3.63, 3.8) is 0 Å². The number of hydrogen-bond acceptors (Lipinski definition) is 3. The Morgan fingerprint density at radius 1 is 1.21 bits per heavy atom. The van der Waals surface area contributed by atoms with Gasteiger partial charge in [0, 0.05) is 25.7 Å². The molecule has 1 aliphatic carbocycles. The number of ether oxygens (including phenoxy) is 1. The van der Waals surface area contributed by atoms with Gasteiger partial charge in [0.15, 0.2) is 0 Å². The van der Waals surface area contributed by atoms with Crippen molar-refractivity contribution in [3.8, 4) is 0 Å². The molecule has 1 saturated carbocycles. The van der Waals surface area contributed by atoms with Crippen LogP contribution in [0.4, 0.5) is 0 Å². The number of nitrogens with one attached hydrogen (secondary N) is 1.